The predicted molar refractivity (Wildman–Crippen MR) is 88.8 cm³/mol. The summed E-state index contributed by atoms with van der Waals surface area (Å²) < 4.78 is 5.77. The second-order valence-electron chi connectivity index (χ2n) is 5.54. The van der Waals surface area contributed by atoms with E-state index in [2.05, 4.69) is 48.6 Å². The molecule has 0 fully saturated rings. The quantitative estimate of drug-likeness (QED) is 0.799. The van der Waals surface area contributed by atoms with Gasteiger partial charge < -0.3 is 10.1 Å². The van der Waals surface area contributed by atoms with E-state index in [1.807, 2.05) is 12.1 Å². The highest BCUT2D eigenvalue weighted by Gasteiger charge is 2.03. The van der Waals surface area contributed by atoms with Crippen molar-refractivity contribution in [2.75, 3.05) is 6.54 Å². The molecule has 21 heavy (non-hydrogen) atoms. The summed E-state index contributed by atoms with van der Waals surface area (Å²) in [6, 6.07) is 8.27. The highest BCUT2D eigenvalue weighted by atomic mass is 32.1. The lowest BCUT2D eigenvalue weighted by Crippen LogP contribution is -2.18. The minimum atomic E-state index is 0.534. The van der Waals surface area contributed by atoms with Crippen molar-refractivity contribution in [1.82, 2.24) is 10.3 Å². The second kappa shape index (κ2) is 8.15. The van der Waals surface area contributed by atoms with Crippen LogP contribution in [0.25, 0.3) is 0 Å². The smallest absolute Gasteiger partial charge is 0.131 e. The van der Waals surface area contributed by atoms with Crippen LogP contribution in [0, 0.1) is 5.92 Å². The fourth-order valence-corrected chi connectivity index (χ4v) is 2.69. The Morgan fingerprint density at radius 1 is 1.24 bits per heavy atom. The molecule has 2 rings (SSSR count). The first kappa shape index (κ1) is 16.0. The Hall–Kier alpha value is -1.39. The van der Waals surface area contributed by atoms with Crippen molar-refractivity contribution in [2.24, 2.45) is 5.92 Å². The van der Waals surface area contributed by atoms with Crippen molar-refractivity contribution in [3.05, 3.63) is 45.9 Å². The lowest BCUT2D eigenvalue weighted by Gasteiger charge is -2.05. The summed E-state index contributed by atoms with van der Waals surface area (Å²) in [5.41, 5.74) is 2.33. The van der Waals surface area contributed by atoms with Gasteiger partial charge >= 0.3 is 0 Å². The van der Waals surface area contributed by atoms with Gasteiger partial charge in [-0.15, -0.1) is 11.3 Å². The summed E-state index contributed by atoms with van der Waals surface area (Å²) >= 11 is 1.69. The van der Waals surface area contributed by atoms with E-state index in [4.69, 9.17) is 4.74 Å². The molecule has 0 aliphatic heterocycles. The average Bonchev–Trinajstić information content (AvgIpc) is 2.93. The molecule has 0 bridgehead atoms. The standard InChI is InChI=1S/C17H24N2OS/c1-4-14-5-7-16(8-6-14)20-11-15-12-21-17(19-15)10-18-9-13(2)3/h5-8,12-13,18H,4,9-11H2,1-3H3. The van der Waals surface area contributed by atoms with Gasteiger partial charge in [-0.1, -0.05) is 32.9 Å². The summed E-state index contributed by atoms with van der Waals surface area (Å²) in [5, 5.41) is 6.61. The summed E-state index contributed by atoms with van der Waals surface area (Å²) in [5.74, 6) is 1.57. The SMILES string of the molecule is CCc1ccc(OCc2csc(CNCC(C)C)n2)cc1. The molecule has 0 unspecified atom stereocenters. The number of benzene rings is 1. The van der Waals surface area contributed by atoms with Gasteiger partial charge in [0.25, 0.3) is 0 Å². The molecule has 1 aromatic carbocycles. The third kappa shape index (κ3) is 5.48. The summed E-state index contributed by atoms with van der Waals surface area (Å²) in [7, 11) is 0. The van der Waals surface area contributed by atoms with Crippen LogP contribution in [0.1, 0.15) is 37.0 Å². The Bertz CT molecular complexity index is 534. The number of hydrogen-bond acceptors (Lipinski definition) is 4. The molecule has 3 nitrogen and oxygen atoms in total. The van der Waals surface area contributed by atoms with E-state index in [0.29, 0.717) is 12.5 Å². The number of thiazole rings is 1. The number of nitrogens with zero attached hydrogens (tertiary/aromatic N) is 1. The van der Waals surface area contributed by atoms with E-state index in [9.17, 15) is 0 Å². The fourth-order valence-electron chi connectivity index (χ4n) is 1.94. The molecule has 0 aliphatic carbocycles. The Morgan fingerprint density at radius 2 is 2.00 bits per heavy atom. The minimum absolute atomic E-state index is 0.534. The first-order valence-corrected chi connectivity index (χ1v) is 8.41. The van der Waals surface area contributed by atoms with Crippen LogP contribution in [0.3, 0.4) is 0 Å². The third-order valence-electron chi connectivity index (χ3n) is 3.15. The summed E-state index contributed by atoms with van der Waals surface area (Å²) in [6.07, 6.45) is 1.05. The molecule has 0 saturated carbocycles. The molecule has 0 saturated heterocycles. The number of aromatic nitrogens is 1. The normalized spacial score (nSPS) is 11.0. The fraction of sp³-hybridized carbons (Fsp3) is 0.471. The molecule has 0 spiro atoms. The minimum Gasteiger partial charge on any atom is -0.487 e. The molecule has 0 aliphatic rings. The molecule has 0 radical (unpaired) electrons. The molecule has 1 heterocycles. The molecule has 114 valence electrons. The molecule has 0 atom stereocenters. The highest BCUT2D eigenvalue weighted by molar-refractivity contribution is 7.09. The van der Waals surface area contributed by atoms with Gasteiger partial charge in [-0.3, -0.25) is 0 Å². The zero-order valence-corrected chi connectivity index (χ0v) is 13.9. The lowest BCUT2D eigenvalue weighted by atomic mass is 10.2. The van der Waals surface area contributed by atoms with Gasteiger partial charge in [0.05, 0.1) is 5.69 Å². The van der Waals surface area contributed by atoms with E-state index in [-0.39, 0.29) is 0 Å². The molecule has 0 amide bonds. The largest absolute Gasteiger partial charge is 0.487 e. The van der Waals surface area contributed by atoms with Crippen molar-refractivity contribution in [3.8, 4) is 5.75 Å². The number of rotatable bonds is 8. The van der Waals surface area contributed by atoms with E-state index in [1.54, 1.807) is 11.3 Å². The Labute approximate surface area is 131 Å². The van der Waals surface area contributed by atoms with Crippen LogP contribution in [-0.4, -0.2) is 11.5 Å². The second-order valence-corrected chi connectivity index (χ2v) is 6.49. The van der Waals surface area contributed by atoms with Gasteiger partial charge in [0.15, 0.2) is 0 Å². The van der Waals surface area contributed by atoms with Gasteiger partial charge in [-0.05, 0) is 36.6 Å². The van der Waals surface area contributed by atoms with Crippen LogP contribution in [-0.2, 0) is 19.6 Å². The first-order chi connectivity index (χ1) is 10.2. The van der Waals surface area contributed by atoms with Crippen molar-refractivity contribution >= 4 is 11.3 Å². The molecule has 1 N–H and O–H groups in total. The topological polar surface area (TPSA) is 34.1 Å². The van der Waals surface area contributed by atoms with Crippen molar-refractivity contribution in [1.29, 1.82) is 0 Å². The third-order valence-corrected chi connectivity index (χ3v) is 4.04. The van der Waals surface area contributed by atoms with Gasteiger partial charge in [0, 0.05) is 11.9 Å². The predicted octanol–water partition coefficient (Wildman–Crippen LogP) is 4.03. The van der Waals surface area contributed by atoms with Gasteiger partial charge in [0.1, 0.15) is 17.4 Å². The van der Waals surface area contributed by atoms with Crippen LogP contribution >= 0.6 is 11.3 Å². The Balaban J connectivity index is 1.79. The Morgan fingerprint density at radius 3 is 2.67 bits per heavy atom. The van der Waals surface area contributed by atoms with Crippen molar-refractivity contribution in [3.63, 3.8) is 0 Å². The van der Waals surface area contributed by atoms with E-state index >= 15 is 0 Å². The molecular formula is C17H24N2OS. The Kier molecular flexibility index (Phi) is 6.21. The van der Waals surface area contributed by atoms with E-state index in [1.165, 1.54) is 5.56 Å². The molecule has 1 aromatic heterocycles. The van der Waals surface area contributed by atoms with Crippen molar-refractivity contribution in [2.45, 2.75) is 40.3 Å². The maximum atomic E-state index is 5.77. The average molecular weight is 304 g/mol. The number of nitrogens with one attached hydrogen (secondary N) is 1. The van der Waals surface area contributed by atoms with E-state index in [0.717, 1.165) is 36.0 Å². The van der Waals surface area contributed by atoms with E-state index < -0.39 is 0 Å². The van der Waals surface area contributed by atoms with Crippen LogP contribution < -0.4 is 10.1 Å². The molecule has 4 heteroatoms. The first-order valence-electron chi connectivity index (χ1n) is 7.53. The summed E-state index contributed by atoms with van der Waals surface area (Å²) in [4.78, 5) is 4.59. The van der Waals surface area contributed by atoms with Crippen LogP contribution in [0.4, 0.5) is 0 Å². The van der Waals surface area contributed by atoms with Gasteiger partial charge in [-0.2, -0.15) is 0 Å². The maximum Gasteiger partial charge on any atom is 0.131 e. The van der Waals surface area contributed by atoms with Crippen LogP contribution in [0.15, 0.2) is 29.6 Å². The highest BCUT2D eigenvalue weighted by Crippen LogP contribution is 2.16. The van der Waals surface area contributed by atoms with Crippen molar-refractivity contribution < 1.29 is 4.74 Å². The lowest BCUT2D eigenvalue weighted by molar-refractivity contribution is 0.301. The number of hydrogen-bond donors (Lipinski definition) is 1. The summed E-state index contributed by atoms with van der Waals surface area (Å²) in [6.45, 7) is 8.96. The van der Waals surface area contributed by atoms with Crippen LogP contribution in [0.5, 0.6) is 5.75 Å². The maximum absolute atomic E-state index is 5.77. The monoisotopic (exact) mass is 304 g/mol. The van der Waals surface area contributed by atoms with Crippen LogP contribution in [0.2, 0.25) is 0 Å². The number of ether oxygens (including phenoxy) is 1. The molecular weight excluding hydrogens is 280 g/mol. The zero-order valence-electron chi connectivity index (χ0n) is 13.1. The zero-order chi connectivity index (χ0) is 15.1. The van der Waals surface area contributed by atoms with Gasteiger partial charge in [0.2, 0.25) is 0 Å². The van der Waals surface area contributed by atoms with Gasteiger partial charge in [-0.25, -0.2) is 4.98 Å². The molecule has 2 aromatic rings. The number of aryl methyl sites for hydroxylation is 1.